The average molecular weight is 375 g/mol. The van der Waals surface area contributed by atoms with Gasteiger partial charge in [-0.25, -0.2) is 4.79 Å². The van der Waals surface area contributed by atoms with E-state index in [1.54, 1.807) is 12.1 Å². The van der Waals surface area contributed by atoms with Crippen molar-refractivity contribution in [2.24, 2.45) is 0 Å². The highest BCUT2D eigenvalue weighted by Gasteiger charge is 2.36. The highest BCUT2D eigenvalue weighted by atomic mass is 16.6. The summed E-state index contributed by atoms with van der Waals surface area (Å²) in [5.74, 6) is -0.207. The molecule has 0 aromatic heterocycles. The Balaban J connectivity index is 1.31. The van der Waals surface area contributed by atoms with Gasteiger partial charge < -0.3 is 9.47 Å². The number of rotatable bonds is 16. The van der Waals surface area contributed by atoms with Crippen LogP contribution in [0.25, 0.3) is 0 Å². The monoisotopic (exact) mass is 374 g/mol. The van der Waals surface area contributed by atoms with E-state index in [1.807, 2.05) is 18.2 Å². The first-order chi connectivity index (χ1) is 13.3. The summed E-state index contributed by atoms with van der Waals surface area (Å²) in [5.41, 5.74) is 0.639. The zero-order chi connectivity index (χ0) is 19.2. The van der Waals surface area contributed by atoms with Crippen LogP contribution in [0.2, 0.25) is 0 Å². The second kappa shape index (κ2) is 13.8. The molecule has 27 heavy (non-hydrogen) atoms. The molecule has 0 spiro atoms. The van der Waals surface area contributed by atoms with Gasteiger partial charge in [0.05, 0.1) is 24.4 Å². The zero-order valence-electron chi connectivity index (χ0n) is 17.2. The van der Waals surface area contributed by atoms with E-state index in [2.05, 4.69) is 6.92 Å². The Bertz CT molecular complexity index is 500. The van der Waals surface area contributed by atoms with E-state index in [-0.39, 0.29) is 5.97 Å². The molecule has 2 atom stereocenters. The van der Waals surface area contributed by atoms with Gasteiger partial charge in [0.2, 0.25) is 0 Å². The Kier molecular flexibility index (Phi) is 11.2. The van der Waals surface area contributed by atoms with Gasteiger partial charge in [-0.1, -0.05) is 89.3 Å². The molecule has 0 aliphatic carbocycles. The number of ether oxygens (including phenoxy) is 2. The fraction of sp³-hybridized carbons (Fsp3) is 0.708. The molecule has 3 nitrogen and oxygen atoms in total. The number of unbranched alkanes of at least 4 members (excludes halogenated alkanes) is 9. The van der Waals surface area contributed by atoms with Gasteiger partial charge in [-0.05, 0) is 31.4 Å². The Morgan fingerprint density at radius 1 is 0.815 bits per heavy atom. The molecular formula is C24H38O3. The van der Waals surface area contributed by atoms with Crippen LogP contribution in [0.3, 0.4) is 0 Å². The van der Waals surface area contributed by atoms with Crippen LogP contribution in [0.4, 0.5) is 0 Å². The molecule has 3 heteroatoms. The van der Waals surface area contributed by atoms with Gasteiger partial charge in [-0.2, -0.15) is 0 Å². The Morgan fingerprint density at radius 3 is 2.00 bits per heavy atom. The summed E-state index contributed by atoms with van der Waals surface area (Å²) < 4.78 is 11.1. The first-order valence-corrected chi connectivity index (χ1v) is 11.2. The molecule has 152 valence electrons. The lowest BCUT2D eigenvalue weighted by Crippen LogP contribution is -2.06. The molecule has 1 saturated heterocycles. The SMILES string of the molecule is CCCCCCC1OC1CCCCCCCCCOC(=O)c1ccccc1. The van der Waals surface area contributed by atoms with Gasteiger partial charge >= 0.3 is 5.97 Å². The fourth-order valence-electron chi connectivity index (χ4n) is 3.61. The quantitative estimate of drug-likeness (QED) is 0.183. The van der Waals surface area contributed by atoms with Gasteiger partial charge in [-0.15, -0.1) is 0 Å². The summed E-state index contributed by atoms with van der Waals surface area (Å²) >= 11 is 0. The predicted octanol–water partition coefficient (Wildman–Crippen LogP) is 6.70. The number of hydrogen-bond acceptors (Lipinski definition) is 3. The number of esters is 1. The van der Waals surface area contributed by atoms with E-state index in [0.29, 0.717) is 24.4 Å². The van der Waals surface area contributed by atoms with Crippen molar-refractivity contribution in [3.05, 3.63) is 35.9 Å². The predicted molar refractivity (Wildman–Crippen MR) is 111 cm³/mol. The maximum absolute atomic E-state index is 11.8. The van der Waals surface area contributed by atoms with Crippen LogP contribution in [0, 0.1) is 0 Å². The Hall–Kier alpha value is -1.35. The minimum absolute atomic E-state index is 0.207. The largest absolute Gasteiger partial charge is 0.462 e. The number of carbonyl (C=O) groups is 1. The molecule has 0 amide bonds. The van der Waals surface area contributed by atoms with E-state index >= 15 is 0 Å². The average Bonchev–Trinajstić information content (AvgIpc) is 3.45. The number of epoxide rings is 1. The van der Waals surface area contributed by atoms with Crippen LogP contribution in [0.5, 0.6) is 0 Å². The molecule has 0 N–H and O–H groups in total. The maximum Gasteiger partial charge on any atom is 0.338 e. The maximum atomic E-state index is 11.8. The van der Waals surface area contributed by atoms with Crippen molar-refractivity contribution in [3.63, 3.8) is 0 Å². The zero-order valence-corrected chi connectivity index (χ0v) is 17.2. The van der Waals surface area contributed by atoms with Gasteiger partial charge in [0.1, 0.15) is 0 Å². The van der Waals surface area contributed by atoms with Crippen molar-refractivity contribution >= 4 is 5.97 Å². The van der Waals surface area contributed by atoms with E-state index in [9.17, 15) is 4.79 Å². The summed E-state index contributed by atoms with van der Waals surface area (Å²) in [6.45, 7) is 2.80. The van der Waals surface area contributed by atoms with E-state index in [1.165, 1.54) is 70.6 Å². The van der Waals surface area contributed by atoms with Crippen LogP contribution in [0.15, 0.2) is 30.3 Å². The molecule has 0 radical (unpaired) electrons. The van der Waals surface area contributed by atoms with E-state index < -0.39 is 0 Å². The lowest BCUT2D eigenvalue weighted by Gasteiger charge is -2.05. The van der Waals surface area contributed by atoms with Crippen LogP contribution >= 0.6 is 0 Å². The first-order valence-electron chi connectivity index (χ1n) is 11.2. The molecule has 1 fully saturated rings. The normalized spacial score (nSPS) is 18.4. The van der Waals surface area contributed by atoms with Crippen molar-refractivity contribution in [2.45, 2.75) is 103 Å². The summed E-state index contributed by atoms with van der Waals surface area (Å²) in [7, 11) is 0. The van der Waals surface area contributed by atoms with Crippen molar-refractivity contribution in [2.75, 3.05) is 6.61 Å². The molecule has 2 unspecified atom stereocenters. The third-order valence-electron chi connectivity index (χ3n) is 5.41. The van der Waals surface area contributed by atoms with Crippen LogP contribution in [0.1, 0.15) is 101 Å². The van der Waals surface area contributed by atoms with Gasteiger partial charge in [-0.3, -0.25) is 0 Å². The Labute approximate surface area is 165 Å². The smallest absolute Gasteiger partial charge is 0.338 e. The fourth-order valence-corrected chi connectivity index (χ4v) is 3.61. The summed E-state index contributed by atoms with van der Waals surface area (Å²) in [5, 5.41) is 0. The first kappa shape index (κ1) is 21.9. The minimum Gasteiger partial charge on any atom is -0.462 e. The van der Waals surface area contributed by atoms with E-state index in [0.717, 1.165) is 12.8 Å². The highest BCUT2D eigenvalue weighted by Crippen LogP contribution is 2.31. The van der Waals surface area contributed by atoms with Crippen molar-refractivity contribution in [1.82, 2.24) is 0 Å². The lowest BCUT2D eigenvalue weighted by atomic mass is 10.0. The third kappa shape index (κ3) is 9.95. The second-order valence-electron chi connectivity index (χ2n) is 7.83. The highest BCUT2D eigenvalue weighted by molar-refractivity contribution is 5.89. The summed E-state index contributed by atoms with van der Waals surface area (Å²) in [6.07, 6.45) is 17.7. The van der Waals surface area contributed by atoms with Crippen LogP contribution in [-0.2, 0) is 9.47 Å². The molecular weight excluding hydrogens is 336 g/mol. The van der Waals surface area contributed by atoms with Crippen LogP contribution < -0.4 is 0 Å². The van der Waals surface area contributed by atoms with Gasteiger partial charge in [0, 0.05) is 0 Å². The Morgan fingerprint density at radius 2 is 1.37 bits per heavy atom. The van der Waals surface area contributed by atoms with E-state index in [4.69, 9.17) is 9.47 Å². The van der Waals surface area contributed by atoms with Crippen molar-refractivity contribution in [3.8, 4) is 0 Å². The third-order valence-corrected chi connectivity index (χ3v) is 5.41. The molecule has 1 aromatic carbocycles. The summed E-state index contributed by atoms with van der Waals surface area (Å²) in [4.78, 5) is 11.8. The number of hydrogen-bond donors (Lipinski definition) is 0. The van der Waals surface area contributed by atoms with Crippen LogP contribution in [-0.4, -0.2) is 24.8 Å². The lowest BCUT2D eigenvalue weighted by molar-refractivity contribution is 0.0497. The molecule has 1 aromatic rings. The summed E-state index contributed by atoms with van der Waals surface area (Å²) in [6, 6.07) is 9.22. The number of benzene rings is 1. The number of carbonyl (C=O) groups excluding carboxylic acids is 1. The van der Waals surface area contributed by atoms with Crippen molar-refractivity contribution < 1.29 is 14.3 Å². The van der Waals surface area contributed by atoms with Gasteiger partial charge in [0.25, 0.3) is 0 Å². The topological polar surface area (TPSA) is 38.8 Å². The molecule has 1 aliphatic heterocycles. The molecule has 1 heterocycles. The second-order valence-corrected chi connectivity index (χ2v) is 7.83. The molecule has 0 saturated carbocycles. The molecule has 0 bridgehead atoms. The standard InChI is InChI=1S/C24H38O3/c1-2-3-4-13-18-22-23(27-22)19-14-8-6-5-7-9-15-20-26-24(25)21-16-11-10-12-17-21/h10-12,16-17,22-23H,2-9,13-15,18-20H2,1H3. The molecule has 2 rings (SSSR count). The minimum atomic E-state index is -0.207. The van der Waals surface area contributed by atoms with Gasteiger partial charge in [0.15, 0.2) is 0 Å². The van der Waals surface area contributed by atoms with Crippen molar-refractivity contribution in [1.29, 1.82) is 0 Å². The molecule has 1 aliphatic rings.